The van der Waals surface area contributed by atoms with Crippen LogP contribution in [0.2, 0.25) is 0 Å². The smallest absolute Gasteiger partial charge is 0.304 e. The van der Waals surface area contributed by atoms with E-state index in [9.17, 15) is 4.79 Å². The summed E-state index contributed by atoms with van der Waals surface area (Å²) in [7, 11) is 1.48. The fraction of sp³-hybridized carbons (Fsp3) is 0.857. The lowest BCUT2D eigenvalue weighted by atomic mass is 10.7. The molecule has 3 heteroatoms. The minimum Gasteiger partial charge on any atom is -0.436 e. The van der Waals surface area contributed by atoms with Gasteiger partial charge in [-0.1, -0.05) is 13.8 Å². The van der Waals surface area contributed by atoms with Gasteiger partial charge in [0.25, 0.3) is 0 Å². The molecule has 0 saturated heterocycles. The van der Waals surface area contributed by atoms with Crippen LogP contribution in [0.15, 0.2) is 0 Å². The first-order valence-electron chi connectivity index (χ1n) is 3.37. The van der Waals surface area contributed by atoms with Crippen molar-refractivity contribution >= 4 is 5.97 Å². The van der Waals surface area contributed by atoms with Crippen LogP contribution in [0.3, 0.4) is 0 Å². The summed E-state index contributed by atoms with van der Waals surface area (Å²) in [5.41, 5.74) is 0. The van der Waals surface area contributed by atoms with Crippen molar-refractivity contribution in [3.05, 3.63) is 0 Å². The summed E-state index contributed by atoms with van der Waals surface area (Å²) < 4.78 is 9.16. The average molecular weight is 148 g/mol. The van der Waals surface area contributed by atoms with Gasteiger partial charge in [0.05, 0.1) is 0 Å². The summed E-state index contributed by atoms with van der Waals surface area (Å²) in [6.07, 6.45) is -0.424. The number of hydrogen-bond acceptors (Lipinski definition) is 3. The van der Waals surface area contributed by atoms with Crippen molar-refractivity contribution in [1.82, 2.24) is 0 Å². The number of ether oxygens (including phenoxy) is 2. The molecule has 3 nitrogen and oxygen atoms in total. The van der Waals surface area contributed by atoms with Crippen LogP contribution in [0.4, 0.5) is 0 Å². The Balaban J connectivity index is 0. The van der Waals surface area contributed by atoms with Gasteiger partial charge in [-0.3, -0.25) is 4.79 Å². The predicted molar refractivity (Wildman–Crippen MR) is 39.6 cm³/mol. The van der Waals surface area contributed by atoms with E-state index in [1.165, 1.54) is 14.0 Å². The lowest BCUT2D eigenvalue weighted by Crippen LogP contribution is -2.13. The summed E-state index contributed by atoms with van der Waals surface area (Å²) in [6, 6.07) is 0. The van der Waals surface area contributed by atoms with Gasteiger partial charge in [0.15, 0.2) is 6.29 Å². The third kappa shape index (κ3) is 10.4. The molecule has 0 aromatic rings. The van der Waals surface area contributed by atoms with Gasteiger partial charge in [-0.2, -0.15) is 0 Å². The molecule has 0 spiro atoms. The Morgan fingerprint density at radius 3 is 1.90 bits per heavy atom. The van der Waals surface area contributed by atoms with E-state index in [2.05, 4.69) is 9.47 Å². The second-order valence-corrected chi connectivity index (χ2v) is 1.41. The first kappa shape index (κ1) is 12.1. The third-order valence-electron chi connectivity index (χ3n) is 0.664. The molecule has 0 saturated carbocycles. The molecule has 0 bridgehead atoms. The molecular formula is C7H16O3. The van der Waals surface area contributed by atoms with Crippen molar-refractivity contribution in [2.24, 2.45) is 0 Å². The highest BCUT2D eigenvalue weighted by Gasteiger charge is 1.99. The van der Waals surface area contributed by atoms with Crippen molar-refractivity contribution < 1.29 is 14.3 Å². The second-order valence-electron chi connectivity index (χ2n) is 1.41. The molecule has 0 aromatic heterocycles. The highest BCUT2D eigenvalue weighted by molar-refractivity contribution is 5.65. The predicted octanol–water partition coefficient (Wildman–Crippen LogP) is 1.57. The topological polar surface area (TPSA) is 35.5 Å². The Labute approximate surface area is 62.3 Å². The van der Waals surface area contributed by atoms with E-state index < -0.39 is 6.29 Å². The van der Waals surface area contributed by atoms with Crippen LogP contribution in [-0.2, 0) is 14.3 Å². The van der Waals surface area contributed by atoms with Crippen LogP contribution in [0.5, 0.6) is 0 Å². The Kier molecular flexibility index (Phi) is 10.2. The number of methoxy groups -OCH3 is 1. The molecule has 0 amide bonds. The van der Waals surface area contributed by atoms with Gasteiger partial charge < -0.3 is 9.47 Å². The van der Waals surface area contributed by atoms with E-state index in [0.717, 1.165) is 0 Å². The van der Waals surface area contributed by atoms with Crippen LogP contribution in [0.25, 0.3) is 0 Å². The molecule has 0 aliphatic heterocycles. The van der Waals surface area contributed by atoms with Gasteiger partial charge >= 0.3 is 5.97 Å². The van der Waals surface area contributed by atoms with Gasteiger partial charge in [-0.05, 0) is 6.92 Å². The van der Waals surface area contributed by atoms with Crippen LogP contribution >= 0.6 is 0 Å². The van der Waals surface area contributed by atoms with Crippen LogP contribution in [0.1, 0.15) is 27.7 Å². The van der Waals surface area contributed by atoms with E-state index in [1.54, 1.807) is 6.92 Å². The number of esters is 1. The maximum Gasteiger partial charge on any atom is 0.304 e. The number of carbonyl (C=O) groups is 1. The quantitative estimate of drug-likeness (QED) is 0.440. The summed E-state index contributed by atoms with van der Waals surface area (Å²) >= 11 is 0. The van der Waals surface area contributed by atoms with Crippen LogP contribution in [0, 0.1) is 0 Å². The SMILES string of the molecule is CC.COC(C)OC(C)=O. The minimum atomic E-state index is -0.424. The molecule has 10 heavy (non-hydrogen) atoms. The van der Waals surface area contributed by atoms with Crippen molar-refractivity contribution in [2.45, 2.75) is 34.0 Å². The largest absolute Gasteiger partial charge is 0.436 e. The molecule has 1 unspecified atom stereocenters. The summed E-state index contributed by atoms with van der Waals surface area (Å²) in [5.74, 6) is -0.320. The van der Waals surface area contributed by atoms with E-state index in [1.807, 2.05) is 13.8 Å². The minimum absolute atomic E-state index is 0.320. The number of carbonyl (C=O) groups excluding carboxylic acids is 1. The van der Waals surface area contributed by atoms with Crippen molar-refractivity contribution in [2.75, 3.05) is 7.11 Å². The molecule has 0 aliphatic rings. The van der Waals surface area contributed by atoms with Gasteiger partial charge in [0.1, 0.15) is 0 Å². The maximum atomic E-state index is 10.1. The Morgan fingerprint density at radius 1 is 1.40 bits per heavy atom. The summed E-state index contributed by atoms with van der Waals surface area (Å²) in [6.45, 7) is 7.00. The molecule has 0 rings (SSSR count). The lowest BCUT2D eigenvalue weighted by Gasteiger charge is -2.07. The fourth-order valence-electron chi connectivity index (χ4n) is 0.282. The van der Waals surface area contributed by atoms with E-state index in [0.29, 0.717) is 0 Å². The second kappa shape index (κ2) is 8.43. The van der Waals surface area contributed by atoms with Crippen LogP contribution in [-0.4, -0.2) is 19.4 Å². The van der Waals surface area contributed by atoms with Gasteiger partial charge in [0.2, 0.25) is 0 Å². The zero-order valence-electron chi connectivity index (χ0n) is 7.30. The van der Waals surface area contributed by atoms with Crippen molar-refractivity contribution in [3.8, 4) is 0 Å². The molecule has 1 atom stereocenters. The van der Waals surface area contributed by atoms with Gasteiger partial charge in [-0.15, -0.1) is 0 Å². The molecule has 0 radical (unpaired) electrons. The molecule has 0 aromatic carbocycles. The number of rotatable bonds is 2. The Hall–Kier alpha value is -0.570. The van der Waals surface area contributed by atoms with Gasteiger partial charge in [-0.25, -0.2) is 0 Å². The fourth-order valence-corrected chi connectivity index (χ4v) is 0.282. The molecule has 0 aliphatic carbocycles. The van der Waals surface area contributed by atoms with Crippen molar-refractivity contribution in [3.63, 3.8) is 0 Å². The highest BCUT2D eigenvalue weighted by atomic mass is 16.7. The highest BCUT2D eigenvalue weighted by Crippen LogP contribution is 1.89. The monoisotopic (exact) mass is 148 g/mol. The first-order valence-corrected chi connectivity index (χ1v) is 3.37. The van der Waals surface area contributed by atoms with E-state index in [-0.39, 0.29) is 5.97 Å². The average Bonchev–Trinajstić information content (AvgIpc) is 1.91. The summed E-state index contributed by atoms with van der Waals surface area (Å²) in [4.78, 5) is 10.1. The normalized spacial score (nSPS) is 10.9. The Bertz CT molecular complexity index is 80.9. The van der Waals surface area contributed by atoms with Crippen LogP contribution < -0.4 is 0 Å². The maximum absolute atomic E-state index is 10.1. The zero-order valence-corrected chi connectivity index (χ0v) is 7.30. The van der Waals surface area contributed by atoms with Crippen molar-refractivity contribution in [1.29, 1.82) is 0 Å². The third-order valence-corrected chi connectivity index (χ3v) is 0.664. The van der Waals surface area contributed by atoms with Gasteiger partial charge in [0, 0.05) is 14.0 Å². The summed E-state index contributed by atoms with van der Waals surface area (Å²) in [5, 5.41) is 0. The lowest BCUT2D eigenvalue weighted by molar-refractivity contribution is -0.166. The molecule has 0 heterocycles. The van der Waals surface area contributed by atoms with E-state index >= 15 is 0 Å². The zero-order chi connectivity index (χ0) is 8.57. The Morgan fingerprint density at radius 2 is 1.80 bits per heavy atom. The number of hydrogen-bond donors (Lipinski definition) is 0. The standard InChI is InChI=1S/C5H10O3.C2H6/c1-4(6)8-5(2)7-3;1-2/h5H,1-3H3;1-2H3. The molecule has 0 fully saturated rings. The molecule has 0 N–H and O–H groups in total. The first-order chi connectivity index (χ1) is 4.66. The molecular weight excluding hydrogens is 132 g/mol. The van der Waals surface area contributed by atoms with E-state index in [4.69, 9.17) is 0 Å². The molecule has 62 valence electrons.